The molecule has 1 amide bonds. The quantitative estimate of drug-likeness (QED) is 0.865. The summed E-state index contributed by atoms with van der Waals surface area (Å²) in [6.45, 7) is 5.63. The van der Waals surface area contributed by atoms with Crippen molar-refractivity contribution in [1.29, 1.82) is 5.26 Å². The largest absolute Gasteiger partial charge is 0.463 e. The van der Waals surface area contributed by atoms with Crippen LogP contribution in [-0.2, 0) is 11.3 Å². The van der Waals surface area contributed by atoms with Crippen molar-refractivity contribution in [1.82, 2.24) is 4.90 Å². The van der Waals surface area contributed by atoms with E-state index < -0.39 is 0 Å². The van der Waals surface area contributed by atoms with Crippen molar-refractivity contribution >= 4 is 17.7 Å². The number of amides is 1. The number of carbonyl (C=O) groups is 1. The minimum Gasteiger partial charge on any atom is -0.463 e. The van der Waals surface area contributed by atoms with E-state index in [-0.39, 0.29) is 11.8 Å². The second kappa shape index (κ2) is 7.86. The first-order valence-electron chi connectivity index (χ1n) is 9.60. The number of hydrogen-bond acceptors (Lipinski definition) is 4. The van der Waals surface area contributed by atoms with Crippen LogP contribution in [0.15, 0.2) is 57.7 Å². The lowest BCUT2D eigenvalue weighted by Crippen LogP contribution is -3.12. The normalized spacial score (nSPS) is 22.4. The summed E-state index contributed by atoms with van der Waals surface area (Å²) in [6, 6.07) is 14.6. The minimum absolute atomic E-state index is 0.0936. The standard InChI is InChI=1S/C22H23N3O2S/c1-15(2)16-5-7-17(8-6-16)19-10-21(26)25-13-24(12-18-4-3-9-27-18)14-28-22(25)20(19)11-23/h3-9,15,19H,10,12-14H2,1-2H3/p+1/t19-/m0/s1. The average molecular weight is 395 g/mol. The predicted molar refractivity (Wildman–Crippen MR) is 108 cm³/mol. The number of allylic oxidation sites excluding steroid dienone is 1. The molecule has 0 saturated carbocycles. The van der Waals surface area contributed by atoms with Crippen LogP contribution in [0.4, 0.5) is 0 Å². The smallest absolute Gasteiger partial charge is 0.232 e. The fourth-order valence-corrected chi connectivity index (χ4v) is 5.04. The lowest BCUT2D eigenvalue weighted by Gasteiger charge is -2.38. The summed E-state index contributed by atoms with van der Waals surface area (Å²) in [4.78, 5) is 16.0. The molecule has 0 aliphatic carbocycles. The number of rotatable bonds is 4. The van der Waals surface area contributed by atoms with Gasteiger partial charge in [-0.25, -0.2) is 0 Å². The molecule has 0 spiro atoms. The lowest BCUT2D eigenvalue weighted by molar-refractivity contribution is -0.911. The molecule has 1 aromatic heterocycles. The number of benzene rings is 1. The van der Waals surface area contributed by atoms with Gasteiger partial charge in [0, 0.05) is 12.3 Å². The number of nitrogens with zero attached hydrogens (tertiary/aromatic N) is 2. The summed E-state index contributed by atoms with van der Waals surface area (Å²) in [5.41, 5.74) is 3.04. The Morgan fingerprint density at radius 3 is 2.75 bits per heavy atom. The molecule has 5 nitrogen and oxygen atoms in total. The van der Waals surface area contributed by atoms with Crippen molar-refractivity contribution < 1.29 is 14.1 Å². The van der Waals surface area contributed by atoms with Crippen LogP contribution in [0.3, 0.4) is 0 Å². The molecule has 3 heterocycles. The van der Waals surface area contributed by atoms with Crippen LogP contribution in [-0.4, -0.2) is 23.4 Å². The molecule has 28 heavy (non-hydrogen) atoms. The van der Waals surface area contributed by atoms with Crippen molar-refractivity contribution in [2.75, 3.05) is 12.5 Å². The predicted octanol–water partition coefficient (Wildman–Crippen LogP) is 3.20. The van der Waals surface area contributed by atoms with Crippen LogP contribution in [0, 0.1) is 11.3 Å². The van der Waals surface area contributed by atoms with E-state index in [2.05, 4.69) is 44.2 Å². The third-order valence-corrected chi connectivity index (χ3v) is 6.70. The zero-order chi connectivity index (χ0) is 19.7. The number of fused-ring (bicyclic) bond motifs is 1. The Labute approximate surface area is 169 Å². The number of nitrogens with one attached hydrogen (secondary N) is 1. The van der Waals surface area contributed by atoms with Crippen molar-refractivity contribution in [2.45, 2.75) is 38.6 Å². The molecule has 1 N–H and O–H groups in total. The topological polar surface area (TPSA) is 61.7 Å². The van der Waals surface area contributed by atoms with Gasteiger partial charge in [-0.2, -0.15) is 5.26 Å². The third kappa shape index (κ3) is 3.60. The molecule has 1 saturated heterocycles. The van der Waals surface area contributed by atoms with Crippen LogP contribution in [0.2, 0.25) is 0 Å². The van der Waals surface area contributed by atoms with Crippen molar-refractivity contribution in [3.63, 3.8) is 0 Å². The molecule has 2 aliphatic rings. The van der Waals surface area contributed by atoms with E-state index in [9.17, 15) is 10.1 Å². The van der Waals surface area contributed by atoms with E-state index in [0.29, 0.717) is 19.0 Å². The fraction of sp³-hybridized carbons (Fsp3) is 0.364. The van der Waals surface area contributed by atoms with Gasteiger partial charge in [0.25, 0.3) is 0 Å². The number of thioether (sulfide) groups is 1. The van der Waals surface area contributed by atoms with Gasteiger partial charge in [0.05, 0.1) is 17.9 Å². The summed E-state index contributed by atoms with van der Waals surface area (Å²) in [7, 11) is 0. The molecular weight excluding hydrogens is 370 g/mol. The number of nitriles is 1. The Morgan fingerprint density at radius 2 is 2.11 bits per heavy atom. The van der Waals surface area contributed by atoms with E-state index in [1.165, 1.54) is 10.5 Å². The molecule has 2 aliphatic heterocycles. The Hall–Kier alpha value is -2.49. The van der Waals surface area contributed by atoms with Gasteiger partial charge in [-0.3, -0.25) is 9.69 Å². The van der Waals surface area contributed by atoms with Gasteiger partial charge in [0.1, 0.15) is 17.5 Å². The highest BCUT2D eigenvalue weighted by molar-refractivity contribution is 8.02. The zero-order valence-electron chi connectivity index (χ0n) is 16.1. The maximum Gasteiger partial charge on any atom is 0.232 e. The lowest BCUT2D eigenvalue weighted by atomic mass is 9.85. The fourth-order valence-electron chi connectivity index (χ4n) is 3.84. The summed E-state index contributed by atoms with van der Waals surface area (Å²) < 4.78 is 5.44. The summed E-state index contributed by atoms with van der Waals surface area (Å²) >= 11 is 1.60. The number of quaternary nitrogens is 1. The van der Waals surface area contributed by atoms with Gasteiger partial charge < -0.3 is 9.32 Å². The van der Waals surface area contributed by atoms with Gasteiger partial charge in [-0.1, -0.05) is 38.1 Å². The molecule has 1 fully saturated rings. The molecule has 6 heteroatoms. The van der Waals surface area contributed by atoms with Gasteiger partial charge in [0.2, 0.25) is 5.91 Å². The summed E-state index contributed by atoms with van der Waals surface area (Å²) in [5, 5.41) is 10.7. The first-order valence-corrected chi connectivity index (χ1v) is 10.6. The molecule has 2 aromatic rings. The maximum atomic E-state index is 12.9. The van der Waals surface area contributed by atoms with Crippen LogP contribution < -0.4 is 4.90 Å². The number of carbonyl (C=O) groups excluding carboxylic acids is 1. The highest BCUT2D eigenvalue weighted by Crippen LogP contribution is 2.40. The average Bonchev–Trinajstić information content (AvgIpc) is 3.21. The van der Waals surface area contributed by atoms with Crippen molar-refractivity contribution in [3.8, 4) is 6.07 Å². The molecule has 1 aromatic carbocycles. The molecule has 2 atom stereocenters. The molecule has 4 rings (SSSR count). The highest BCUT2D eigenvalue weighted by atomic mass is 32.2. The summed E-state index contributed by atoms with van der Waals surface area (Å²) in [6.07, 6.45) is 2.02. The van der Waals surface area contributed by atoms with Gasteiger partial charge in [0.15, 0.2) is 12.4 Å². The molecule has 0 radical (unpaired) electrons. The second-order valence-electron chi connectivity index (χ2n) is 7.68. The zero-order valence-corrected chi connectivity index (χ0v) is 17.0. The second-order valence-corrected chi connectivity index (χ2v) is 8.65. The first-order chi connectivity index (χ1) is 13.6. The van der Waals surface area contributed by atoms with Gasteiger partial charge in [-0.15, -0.1) is 0 Å². The van der Waals surface area contributed by atoms with Crippen LogP contribution >= 0.6 is 11.8 Å². The van der Waals surface area contributed by atoms with Crippen LogP contribution in [0.1, 0.15) is 49.0 Å². The maximum absolute atomic E-state index is 12.9. The Kier molecular flexibility index (Phi) is 5.29. The monoisotopic (exact) mass is 394 g/mol. The van der Waals surface area contributed by atoms with E-state index in [1.54, 1.807) is 22.9 Å². The SMILES string of the molecule is CC(C)c1ccc([C@@H]2CC(=O)N3C[NH+](Cc4ccco4)CSC3=C2C#N)cc1. The molecule has 0 bridgehead atoms. The minimum atomic E-state index is -0.149. The van der Waals surface area contributed by atoms with Gasteiger partial charge in [-0.05, 0) is 40.9 Å². The number of furan rings is 1. The van der Waals surface area contributed by atoms with E-state index in [4.69, 9.17) is 4.42 Å². The van der Waals surface area contributed by atoms with E-state index in [1.807, 2.05) is 12.1 Å². The summed E-state index contributed by atoms with van der Waals surface area (Å²) in [5.74, 6) is 2.13. The Bertz CT molecular complexity index is 926. The highest BCUT2D eigenvalue weighted by Gasteiger charge is 2.40. The molecule has 144 valence electrons. The van der Waals surface area contributed by atoms with Crippen molar-refractivity contribution in [3.05, 3.63) is 70.2 Å². The molecule has 1 unspecified atom stereocenters. The number of hydrogen-bond donors (Lipinski definition) is 1. The third-order valence-electron chi connectivity index (χ3n) is 5.43. The van der Waals surface area contributed by atoms with Crippen LogP contribution in [0.5, 0.6) is 0 Å². The first kappa shape index (κ1) is 18.9. The van der Waals surface area contributed by atoms with Crippen molar-refractivity contribution in [2.24, 2.45) is 0 Å². The molecular formula is C22H24N3O2S+. The van der Waals surface area contributed by atoms with E-state index in [0.717, 1.165) is 34.3 Å². The van der Waals surface area contributed by atoms with Gasteiger partial charge >= 0.3 is 0 Å². The Morgan fingerprint density at radius 1 is 1.32 bits per heavy atom. The Balaban J connectivity index is 1.58. The van der Waals surface area contributed by atoms with Crippen LogP contribution in [0.25, 0.3) is 0 Å². The van der Waals surface area contributed by atoms with E-state index >= 15 is 0 Å².